The van der Waals surface area contributed by atoms with Crippen molar-refractivity contribution in [2.45, 2.75) is 45.6 Å². The average molecular weight is 295 g/mol. The number of thiol groups is 1. The van der Waals surface area contributed by atoms with E-state index in [9.17, 15) is 4.79 Å². The van der Waals surface area contributed by atoms with Crippen LogP contribution in [0.4, 0.5) is 5.69 Å². The van der Waals surface area contributed by atoms with Crippen LogP contribution in [0.3, 0.4) is 0 Å². The van der Waals surface area contributed by atoms with Crippen molar-refractivity contribution in [3.8, 4) is 0 Å². The summed E-state index contributed by atoms with van der Waals surface area (Å²) in [6, 6.07) is 1.74. The van der Waals surface area contributed by atoms with E-state index in [1.54, 1.807) is 10.7 Å². The minimum absolute atomic E-state index is 0.0101. The van der Waals surface area contributed by atoms with Crippen LogP contribution in [0, 0.1) is 5.92 Å². The maximum absolute atomic E-state index is 12.2. The monoisotopic (exact) mass is 295 g/mol. The zero-order chi connectivity index (χ0) is 14.4. The third-order valence-electron chi connectivity index (χ3n) is 3.96. The van der Waals surface area contributed by atoms with Crippen molar-refractivity contribution in [1.82, 2.24) is 9.78 Å². The molecule has 0 amide bonds. The molecule has 0 bridgehead atoms. The third-order valence-corrected chi connectivity index (χ3v) is 4.48. The number of hydrogen-bond donors (Lipinski definition) is 1. The topological polar surface area (TPSA) is 38.1 Å². The zero-order valence-electron chi connectivity index (χ0n) is 12.3. The summed E-state index contributed by atoms with van der Waals surface area (Å²) in [6.07, 6.45) is 7.76. The van der Waals surface area contributed by atoms with Crippen LogP contribution in [-0.2, 0) is 6.54 Å². The Morgan fingerprint density at radius 3 is 2.70 bits per heavy atom. The van der Waals surface area contributed by atoms with Gasteiger partial charge in [-0.1, -0.05) is 13.3 Å². The molecule has 1 atom stereocenters. The van der Waals surface area contributed by atoms with E-state index >= 15 is 0 Å². The van der Waals surface area contributed by atoms with Gasteiger partial charge in [0.2, 0.25) is 0 Å². The maximum Gasteiger partial charge on any atom is 0.268 e. The fourth-order valence-corrected chi connectivity index (χ4v) is 3.08. The van der Waals surface area contributed by atoms with Gasteiger partial charge in [-0.15, -0.1) is 0 Å². The van der Waals surface area contributed by atoms with Crippen LogP contribution in [0.2, 0.25) is 0 Å². The van der Waals surface area contributed by atoms with Gasteiger partial charge in [-0.25, -0.2) is 4.68 Å². The van der Waals surface area contributed by atoms with E-state index in [0.717, 1.165) is 37.4 Å². The highest BCUT2D eigenvalue weighted by atomic mass is 32.1. The zero-order valence-corrected chi connectivity index (χ0v) is 13.2. The molecule has 2 rings (SSSR count). The van der Waals surface area contributed by atoms with Crippen LogP contribution in [0.15, 0.2) is 17.1 Å². The first-order valence-corrected chi connectivity index (χ1v) is 8.30. The van der Waals surface area contributed by atoms with Gasteiger partial charge in [0.1, 0.15) is 0 Å². The van der Waals surface area contributed by atoms with Crippen molar-refractivity contribution in [2.24, 2.45) is 5.92 Å². The average Bonchev–Trinajstić information content (AvgIpc) is 2.49. The summed E-state index contributed by atoms with van der Waals surface area (Å²) in [5.74, 6) is 1.23. The number of rotatable bonds is 6. The van der Waals surface area contributed by atoms with Crippen LogP contribution in [0.1, 0.15) is 39.0 Å². The summed E-state index contributed by atoms with van der Waals surface area (Å²) in [5.41, 5.74) is 0.986. The minimum Gasteiger partial charge on any atom is -0.370 e. The molecule has 2 heterocycles. The summed E-state index contributed by atoms with van der Waals surface area (Å²) in [4.78, 5) is 14.5. The Kier molecular flexibility index (Phi) is 5.95. The van der Waals surface area contributed by atoms with Crippen LogP contribution in [0.5, 0.6) is 0 Å². The SMILES string of the molecule is CCCC(CS)Cn1ncc(N2CCCCC2)cc1=O. The molecule has 112 valence electrons. The highest BCUT2D eigenvalue weighted by Gasteiger charge is 2.13. The minimum atomic E-state index is 0.0101. The molecule has 1 aliphatic rings. The summed E-state index contributed by atoms with van der Waals surface area (Å²) in [5, 5.41) is 4.35. The highest BCUT2D eigenvalue weighted by Crippen LogP contribution is 2.17. The highest BCUT2D eigenvalue weighted by molar-refractivity contribution is 7.80. The molecule has 0 radical (unpaired) electrons. The Bertz CT molecular complexity index is 468. The van der Waals surface area contributed by atoms with E-state index in [1.807, 2.05) is 6.20 Å². The molecule has 4 nitrogen and oxygen atoms in total. The van der Waals surface area contributed by atoms with Crippen molar-refractivity contribution in [2.75, 3.05) is 23.7 Å². The number of aromatic nitrogens is 2. The first-order valence-electron chi connectivity index (χ1n) is 7.67. The van der Waals surface area contributed by atoms with Crippen LogP contribution < -0.4 is 10.5 Å². The number of nitrogens with zero attached hydrogens (tertiary/aromatic N) is 3. The first kappa shape index (κ1) is 15.4. The van der Waals surface area contributed by atoms with Crippen LogP contribution in [-0.4, -0.2) is 28.6 Å². The molecule has 5 heteroatoms. The lowest BCUT2D eigenvalue weighted by atomic mass is 10.1. The Morgan fingerprint density at radius 1 is 1.35 bits per heavy atom. The third kappa shape index (κ3) is 4.01. The van der Waals surface area contributed by atoms with Gasteiger partial charge in [-0.2, -0.15) is 17.7 Å². The molecule has 0 aromatic carbocycles. The Balaban J connectivity index is 2.07. The summed E-state index contributed by atoms with van der Waals surface area (Å²) in [7, 11) is 0. The van der Waals surface area contributed by atoms with E-state index in [1.165, 1.54) is 19.3 Å². The van der Waals surface area contributed by atoms with Crippen molar-refractivity contribution in [3.05, 3.63) is 22.6 Å². The van der Waals surface area contributed by atoms with E-state index in [0.29, 0.717) is 12.5 Å². The molecule has 1 aliphatic heterocycles. The largest absolute Gasteiger partial charge is 0.370 e. The quantitative estimate of drug-likeness (QED) is 0.820. The van der Waals surface area contributed by atoms with Gasteiger partial charge in [0.05, 0.1) is 11.9 Å². The second kappa shape index (κ2) is 7.72. The summed E-state index contributed by atoms with van der Waals surface area (Å²) >= 11 is 4.37. The van der Waals surface area contributed by atoms with Gasteiger partial charge >= 0.3 is 0 Å². The fourth-order valence-electron chi connectivity index (χ4n) is 2.78. The normalized spacial score (nSPS) is 17.2. The molecule has 1 aromatic heterocycles. The predicted molar refractivity (Wildman–Crippen MR) is 86.8 cm³/mol. The summed E-state index contributed by atoms with van der Waals surface area (Å²) < 4.78 is 1.59. The lowest BCUT2D eigenvalue weighted by Gasteiger charge is -2.28. The standard InChI is InChI=1S/C15H25N3OS/c1-2-6-13(12-20)11-18-15(19)9-14(10-16-18)17-7-4-3-5-8-17/h9-10,13,20H,2-8,11-12H2,1H3. The van der Waals surface area contributed by atoms with Gasteiger partial charge in [-0.3, -0.25) is 4.79 Å². The Morgan fingerprint density at radius 2 is 2.10 bits per heavy atom. The van der Waals surface area contributed by atoms with Crippen molar-refractivity contribution >= 4 is 18.3 Å². The van der Waals surface area contributed by atoms with E-state index < -0.39 is 0 Å². The molecule has 20 heavy (non-hydrogen) atoms. The number of piperidine rings is 1. The van der Waals surface area contributed by atoms with Gasteiger partial charge < -0.3 is 4.90 Å². The molecule has 0 saturated carbocycles. The molecular formula is C15H25N3OS. The maximum atomic E-state index is 12.2. The molecular weight excluding hydrogens is 270 g/mol. The lowest BCUT2D eigenvalue weighted by molar-refractivity contribution is 0.414. The molecule has 1 aromatic rings. The van der Waals surface area contributed by atoms with Crippen LogP contribution in [0.25, 0.3) is 0 Å². The molecule has 1 saturated heterocycles. The van der Waals surface area contributed by atoms with E-state index in [2.05, 4.69) is 29.6 Å². The molecule has 1 unspecified atom stereocenters. The van der Waals surface area contributed by atoms with E-state index in [-0.39, 0.29) is 5.56 Å². The Labute approximate surface area is 126 Å². The molecule has 1 fully saturated rings. The lowest BCUT2D eigenvalue weighted by Crippen LogP contribution is -2.33. The van der Waals surface area contributed by atoms with Gasteiger partial charge in [0.15, 0.2) is 0 Å². The van der Waals surface area contributed by atoms with Gasteiger partial charge in [0, 0.05) is 25.7 Å². The van der Waals surface area contributed by atoms with E-state index in [4.69, 9.17) is 0 Å². The van der Waals surface area contributed by atoms with Crippen LogP contribution >= 0.6 is 12.6 Å². The molecule has 0 spiro atoms. The predicted octanol–water partition coefficient (Wildman–Crippen LogP) is 2.58. The van der Waals surface area contributed by atoms with Gasteiger partial charge in [0.25, 0.3) is 5.56 Å². The summed E-state index contributed by atoms with van der Waals surface area (Å²) in [6.45, 7) is 4.92. The van der Waals surface area contributed by atoms with Crippen molar-refractivity contribution < 1.29 is 0 Å². The molecule has 0 N–H and O–H groups in total. The number of anilines is 1. The second-order valence-corrected chi connectivity index (χ2v) is 5.98. The van der Waals surface area contributed by atoms with Crippen molar-refractivity contribution in [3.63, 3.8) is 0 Å². The second-order valence-electron chi connectivity index (χ2n) is 5.62. The fraction of sp³-hybridized carbons (Fsp3) is 0.733. The smallest absolute Gasteiger partial charge is 0.268 e. The Hall–Kier alpha value is -0.970. The van der Waals surface area contributed by atoms with Crippen molar-refractivity contribution in [1.29, 1.82) is 0 Å². The van der Waals surface area contributed by atoms with Gasteiger partial charge in [-0.05, 0) is 37.4 Å². The first-order chi connectivity index (χ1) is 9.74. The number of hydrogen-bond acceptors (Lipinski definition) is 4. The molecule has 0 aliphatic carbocycles.